The van der Waals surface area contributed by atoms with Gasteiger partial charge in [0.2, 0.25) is 0 Å². The van der Waals surface area contributed by atoms with Gasteiger partial charge in [-0.05, 0) is 32.1 Å². The average Bonchev–Trinajstić information content (AvgIpc) is 2.29. The minimum atomic E-state index is -3.83. The number of carbonyl (C=O) groups is 1. The van der Waals surface area contributed by atoms with E-state index < -0.39 is 16.3 Å². The van der Waals surface area contributed by atoms with Gasteiger partial charge in [0.05, 0.1) is 6.61 Å². The van der Waals surface area contributed by atoms with Crippen LogP contribution in [0.25, 0.3) is 0 Å². The molecular formula is C10H20N2O5S. The SMILES string of the molecule is CCOC(=O)NS(=O)(=O)N1CCCC(CCO)C1. The van der Waals surface area contributed by atoms with Gasteiger partial charge in [0.25, 0.3) is 0 Å². The Hall–Kier alpha value is -0.860. The summed E-state index contributed by atoms with van der Waals surface area (Å²) in [5.74, 6) is 0.141. The van der Waals surface area contributed by atoms with Crippen LogP contribution in [0.2, 0.25) is 0 Å². The van der Waals surface area contributed by atoms with Crippen LogP contribution >= 0.6 is 0 Å². The molecule has 2 N–H and O–H groups in total. The first kappa shape index (κ1) is 15.2. The van der Waals surface area contributed by atoms with Crippen LogP contribution in [0.5, 0.6) is 0 Å². The van der Waals surface area contributed by atoms with Crippen molar-refractivity contribution < 1.29 is 23.1 Å². The number of hydrogen-bond donors (Lipinski definition) is 2. The monoisotopic (exact) mass is 280 g/mol. The quantitative estimate of drug-likeness (QED) is 0.743. The highest BCUT2D eigenvalue weighted by Gasteiger charge is 2.30. The number of amides is 1. The number of nitrogens with zero attached hydrogens (tertiary/aromatic N) is 1. The standard InChI is InChI=1S/C10H20N2O5S/c1-2-17-10(14)11-18(15,16)12-6-3-4-9(8-12)5-7-13/h9,13H,2-8H2,1H3,(H,11,14). The van der Waals surface area contributed by atoms with E-state index >= 15 is 0 Å². The number of ether oxygens (including phenoxy) is 1. The molecule has 7 nitrogen and oxygen atoms in total. The molecule has 0 saturated carbocycles. The molecule has 0 spiro atoms. The van der Waals surface area contributed by atoms with Crippen molar-refractivity contribution in [3.63, 3.8) is 0 Å². The van der Waals surface area contributed by atoms with E-state index in [9.17, 15) is 13.2 Å². The lowest BCUT2D eigenvalue weighted by Crippen LogP contribution is -2.48. The molecular weight excluding hydrogens is 260 g/mol. The number of carbonyl (C=O) groups excluding carboxylic acids is 1. The van der Waals surface area contributed by atoms with Crippen molar-refractivity contribution in [2.45, 2.75) is 26.2 Å². The van der Waals surface area contributed by atoms with Gasteiger partial charge in [-0.3, -0.25) is 0 Å². The van der Waals surface area contributed by atoms with Gasteiger partial charge in [-0.1, -0.05) is 0 Å². The van der Waals surface area contributed by atoms with Crippen molar-refractivity contribution in [1.29, 1.82) is 0 Å². The molecule has 1 atom stereocenters. The molecule has 1 aliphatic rings. The Bertz CT molecular complexity index is 368. The summed E-state index contributed by atoms with van der Waals surface area (Å²) in [5, 5.41) is 8.87. The van der Waals surface area contributed by atoms with Crippen LogP contribution in [-0.2, 0) is 14.9 Å². The summed E-state index contributed by atoms with van der Waals surface area (Å²) in [6, 6.07) is 0. The number of nitrogens with one attached hydrogen (secondary N) is 1. The number of aliphatic hydroxyl groups is 1. The normalized spacial score (nSPS) is 21.6. The van der Waals surface area contributed by atoms with Crippen LogP contribution in [0.1, 0.15) is 26.2 Å². The highest BCUT2D eigenvalue weighted by atomic mass is 32.2. The Morgan fingerprint density at radius 1 is 1.56 bits per heavy atom. The molecule has 0 radical (unpaired) electrons. The van der Waals surface area contributed by atoms with Gasteiger partial charge in [0.1, 0.15) is 0 Å². The zero-order valence-corrected chi connectivity index (χ0v) is 11.3. The summed E-state index contributed by atoms with van der Waals surface area (Å²) in [5.41, 5.74) is 0. The second-order valence-corrected chi connectivity index (χ2v) is 5.88. The highest BCUT2D eigenvalue weighted by molar-refractivity contribution is 7.87. The summed E-state index contributed by atoms with van der Waals surface area (Å²) in [4.78, 5) is 11.1. The molecule has 1 unspecified atom stereocenters. The maximum atomic E-state index is 11.9. The fraction of sp³-hybridized carbons (Fsp3) is 0.900. The third-order valence-electron chi connectivity index (χ3n) is 2.85. The minimum absolute atomic E-state index is 0.0455. The van der Waals surface area contributed by atoms with E-state index in [2.05, 4.69) is 4.74 Å². The lowest BCUT2D eigenvalue weighted by Gasteiger charge is -2.31. The third kappa shape index (κ3) is 4.43. The molecule has 106 valence electrons. The second-order valence-electron chi connectivity index (χ2n) is 4.21. The van der Waals surface area contributed by atoms with Crippen LogP contribution in [0.15, 0.2) is 0 Å². The third-order valence-corrected chi connectivity index (χ3v) is 4.28. The molecule has 1 heterocycles. The van der Waals surface area contributed by atoms with E-state index in [4.69, 9.17) is 5.11 Å². The van der Waals surface area contributed by atoms with Crippen LogP contribution in [-0.4, -0.2) is 50.2 Å². The first-order chi connectivity index (χ1) is 8.49. The van der Waals surface area contributed by atoms with E-state index in [0.29, 0.717) is 19.5 Å². The van der Waals surface area contributed by atoms with Crippen LogP contribution in [0.4, 0.5) is 4.79 Å². The summed E-state index contributed by atoms with van der Waals surface area (Å²) in [6.45, 7) is 2.48. The summed E-state index contributed by atoms with van der Waals surface area (Å²) in [6.07, 6.45) is 1.24. The van der Waals surface area contributed by atoms with Gasteiger partial charge in [-0.25, -0.2) is 9.52 Å². The number of hydrogen-bond acceptors (Lipinski definition) is 5. The predicted molar refractivity (Wildman–Crippen MR) is 65.1 cm³/mol. The highest BCUT2D eigenvalue weighted by Crippen LogP contribution is 2.20. The van der Waals surface area contributed by atoms with Crippen LogP contribution < -0.4 is 4.72 Å². The number of piperidine rings is 1. The maximum Gasteiger partial charge on any atom is 0.421 e. The van der Waals surface area contributed by atoms with E-state index in [1.165, 1.54) is 4.31 Å². The molecule has 0 aliphatic carbocycles. The molecule has 0 aromatic heterocycles. The van der Waals surface area contributed by atoms with E-state index in [1.54, 1.807) is 6.92 Å². The lowest BCUT2D eigenvalue weighted by atomic mass is 9.97. The van der Waals surface area contributed by atoms with Crippen molar-refractivity contribution in [3.8, 4) is 0 Å². The molecule has 8 heteroatoms. The van der Waals surface area contributed by atoms with E-state index in [-0.39, 0.29) is 19.1 Å². The average molecular weight is 280 g/mol. The summed E-state index contributed by atoms with van der Waals surface area (Å²) >= 11 is 0. The molecule has 0 aromatic carbocycles. The molecule has 0 bridgehead atoms. The fourth-order valence-corrected chi connectivity index (χ4v) is 3.17. The van der Waals surface area contributed by atoms with Crippen LogP contribution in [0, 0.1) is 5.92 Å². The summed E-state index contributed by atoms with van der Waals surface area (Å²) in [7, 11) is -3.83. The van der Waals surface area contributed by atoms with E-state index in [1.807, 2.05) is 4.72 Å². The molecule has 1 saturated heterocycles. The Morgan fingerprint density at radius 2 is 2.28 bits per heavy atom. The zero-order valence-electron chi connectivity index (χ0n) is 10.5. The zero-order chi connectivity index (χ0) is 13.6. The van der Waals surface area contributed by atoms with Gasteiger partial charge in [0.15, 0.2) is 0 Å². The van der Waals surface area contributed by atoms with Gasteiger partial charge in [0, 0.05) is 19.7 Å². The molecule has 1 fully saturated rings. The lowest BCUT2D eigenvalue weighted by molar-refractivity contribution is 0.156. The minimum Gasteiger partial charge on any atom is -0.449 e. The first-order valence-electron chi connectivity index (χ1n) is 6.05. The van der Waals surface area contributed by atoms with Crippen molar-refractivity contribution in [1.82, 2.24) is 9.03 Å². The summed E-state index contributed by atoms with van der Waals surface area (Å²) < 4.78 is 31.4. The Balaban J connectivity index is 2.58. The Labute approximate surface area is 107 Å². The van der Waals surface area contributed by atoms with Crippen molar-refractivity contribution in [2.24, 2.45) is 5.92 Å². The largest absolute Gasteiger partial charge is 0.449 e. The first-order valence-corrected chi connectivity index (χ1v) is 7.49. The molecule has 18 heavy (non-hydrogen) atoms. The predicted octanol–water partition coefficient (Wildman–Crippen LogP) is 0.0717. The van der Waals surface area contributed by atoms with Gasteiger partial charge in [-0.15, -0.1) is 0 Å². The van der Waals surface area contributed by atoms with Crippen molar-refractivity contribution in [3.05, 3.63) is 0 Å². The topological polar surface area (TPSA) is 95.9 Å². The smallest absolute Gasteiger partial charge is 0.421 e. The molecule has 1 rings (SSSR count). The fourth-order valence-electron chi connectivity index (χ4n) is 1.99. The van der Waals surface area contributed by atoms with Gasteiger partial charge < -0.3 is 9.84 Å². The number of aliphatic hydroxyl groups excluding tert-OH is 1. The van der Waals surface area contributed by atoms with Crippen molar-refractivity contribution in [2.75, 3.05) is 26.3 Å². The maximum absolute atomic E-state index is 11.9. The second kappa shape index (κ2) is 6.91. The van der Waals surface area contributed by atoms with E-state index in [0.717, 1.165) is 12.8 Å². The molecule has 0 aromatic rings. The van der Waals surface area contributed by atoms with Gasteiger partial charge >= 0.3 is 16.3 Å². The molecule has 1 amide bonds. The Kier molecular flexibility index (Phi) is 5.83. The van der Waals surface area contributed by atoms with Gasteiger partial charge in [-0.2, -0.15) is 12.7 Å². The number of rotatable bonds is 5. The van der Waals surface area contributed by atoms with Crippen LogP contribution in [0.3, 0.4) is 0 Å². The Morgan fingerprint density at radius 3 is 2.89 bits per heavy atom. The van der Waals surface area contributed by atoms with Crippen molar-refractivity contribution >= 4 is 16.3 Å². The molecule has 1 aliphatic heterocycles.